The van der Waals surface area contributed by atoms with Gasteiger partial charge in [0.15, 0.2) is 0 Å². The van der Waals surface area contributed by atoms with Crippen LogP contribution in [0.4, 0.5) is 0 Å². The highest BCUT2D eigenvalue weighted by atomic mass is 32.2. The van der Waals surface area contributed by atoms with Crippen LogP contribution in [-0.4, -0.2) is 72.5 Å². The van der Waals surface area contributed by atoms with Gasteiger partial charge in [0.2, 0.25) is 10.0 Å². The molecule has 3 rings (SSSR count). The number of aromatic amines is 1. The molecule has 2 saturated heterocycles. The number of nitrogens with zero attached hydrogens (tertiary/aromatic N) is 3. The van der Waals surface area contributed by atoms with Crippen molar-refractivity contribution in [2.45, 2.75) is 31.6 Å². The monoisotopic (exact) mass is 328 g/mol. The fourth-order valence-corrected chi connectivity index (χ4v) is 5.11. The molecule has 0 bridgehead atoms. The van der Waals surface area contributed by atoms with Crippen LogP contribution in [0.1, 0.15) is 24.1 Å². The first-order valence-corrected chi connectivity index (χ1v) is 9.35. The molecule has 0 aromatic carbocycles. The lowest BCUT2D eigenvalue weighted by molar-refractivity contribution is 0.0719. The molecular weight excluding hydrogens is 304 g/mol. The summed E-state index contributed by atoms with van der Waals surface area (Å²) in [4.78, 5) is 2.21. The number of hydrogen-bond donors (Lipinski definition) is 1. The first kappa shape index (κ1) is 15.9. The van der Waals surface area contributed by atoms with E-state index in [1.54, 1.807) is 10.5 Å². The maximum absolute atomic E-state index is 12.8. The highest BCUT2D eigenvalue weighted by Crippen LogP contribution is 2.22. The normalized spacial score (nSPS) is 25.4. The van der Waals surface area contributed by atoms with Crippen molar-refractivity contribution < 1.29 is 13.2 Å². The van der Waals surface area contributed by atoms with Gasteiger partial charge in [-0.05, 0) is 31.9 Å². The van der Waals surface area contributed by atoms with Crippen LogP contribution in [0.5, 0.6) is 0 Å². The summed E-state index contributed by atoms with van der Waals surface area (Å²) in [5, 5.41) is 6.73. The standard InChI is InChI=1S/C14H24N4O3S/c1-12-9-15-16-14(12)11-17-4-2-3-13(10-17)22(19,20)18-5-7-21-8-6-18/h9,13H,2-8,10-11H2,1H3,(H,15,16). The SMILES string of the molecule is Cc1cn[nH]c1CN1CCCC(S(=O)(=O)N2CCOCC2)C1. The third-order valence-electron chi connectivity index (χ3n) is 4.53. The van der Waals surface area contributed by atoms with E-state index >= 15 is 0 Å². The van der Waals surface area contributed by atoms with Crippen LogP contribution in [0.25, 0.3) is 0 Å². The lowest BCUT2D eigenvalue weighted by atomic mass is 10.1. The van der Waals surface area contributed by atoms with E-state index in [1.165, 1.54) is 0 Å². The van der Waals surface area contributed by atoms with Crippen LogP contribution < -0.4 is 0 Å². The van der Waals surface area contributed by atoms with Crippen LogP contribution in [0, 0.1) is 6.92 Å². The lowest BCUT2D eigenvalue weighted by Crippen LogP contribution is -2.50. The van der Waals surface area contributed by atoms with Crippen LogP contribution in [0.3, 0.4) is 0 Å². The number of H-pyrrole nitrogens is 1. The Bertz CT molecular complexity index is 595. The maximum atomic E-state index is 12.8. The average molecular weight is 328 g/mol. The zero-order valence-electron chi connectivity index (χ0n) is 13.0. The molecule has 0 spiro atoms. The number of aromatic nitrogens is 2. The van der Waals surface area contributed by atoms with Crippen molar-refractivity contribution in [3.8, 4) is 0 Å². The van der Waals surface area contributed by atoms with E-state index in [9.17, 15) is 8.42 Å². The molecule has 124 valence electrons. The Morgan fingerprint density at radius 1 is 1.36 bits per heavy atom. The third-order valence-corrected chi connectivity index (χ3v) is 6.84. The molecule has 0 saturated carbocycles. The summed E-state index contributed by atoms with van der Waals surface area (Å²) in [6, 6.07) is 0. The molecule has 2 fully saturated rings. The Kier molecular flexibility index (Phi) is 4.82. The van der Waals surface area contributed by atoms with Crippen molar-refractivity contribution >= 4 is 10.0 Å². The van der Waals surface area contributed by atoms with E-state index in [0.717, 1.165) is 37.2 Å². The number of likely N-dealkylation sites (tertiary alicyclic amines) is 1. The predicted octanol–water partition coefficient (Wildman–Crippen LogP) is 0.345. The lowest BCUT2D eigenvalue weighted by Gasteiger charge is -2.36. The fourth-order valence-electron chi connectivity index (χ4n) is 3.17. The van der Waals surface area contributed by atoms with Gasteiger partial charge in [0.05, 0.1) is 30.4 Å². The van der Waals surface area contributed by atoms with Crippen LogP contribution in [0.2, 0.25) is 0 Å². The summed E-state index contributed by atoms with van der Waals surface area (Å²) in [5.74, 6) is 0. The number of nitrogens with one attached hydrogen (secondary N) is 1. The number of hydrogen-bond acceptors (Lipinski definition) is 5. The molecule has 1 aromatic heterocycles. The molecule has 1 unspecified atom stereocenters. The van der Waals surface area contributed by atoms with Crippen molar-refractivity contribution in [2.24, 2.45) is 0 Å². The first-order chi connectivity index (χ1) is 10.6. The summed E-state index contributed by atoms with van der Waals surface area (Å²) in [6.07, 6.45) is 3.47. The highest BCUT2D eigenvalue weighted by molar-refractivity contribution is 7.89. The smallest absolute Gasteiger partial charge is 0.218 e. The minimum absolute atomic E-state index is 0.303. The quantitative estimate of drug-likeness (QED) is 0.862. The fraction of sp³-hybridized carbons (Fsp3) is 0.786. The largest absolute Gasteiger partial charge is 0.379 e. The topological polar surface area (TPSA) is 78.5 Å². The molecule has 7 nitrogen and oxygen atoms in total. The highest BCUT2D eigenvalue weighted by Gasteiger charge is 2.36. The summed E-state index contributed by atoms with van der Waals surface area (Å²) in [6.45, 7) is 6.26. The molecule has 1 aromatic rings. The number of sulfonamides is 1. The number of ether oxygens (including phenoxy) is 1. The molecule has 0 amide bonds. The van der Waals surface area contributed by atoms with Crippen molar-refractivity contribution in [2.75, 3.05) is 39.4 Å². The second-order valence-corrected chi connectivity index (χ2v) is 8.30. The van der Waals surface area contributed by atoms with Crippen molar-refractivity contribution in [1.82, 2.24) is 19.4 Å². The second-order valence-electron chi connectivity index (χ2n) is 6.09. The van der Waals surface area contributed by atoms with E-state index in [0.29, 0.717) is 32.8 Å². The summed E-state index contributed by atoms with van der Waals surface area (Å²) < 4.78 is 32.4. The molecule has 2 aliphatic rings. The van der Waals surface area contributed by atoms with E-state index in [2.05, 4.69) is 15.1 Å². The van der Waals surface area contributed by atoms with Gasteiger partial charge in [-0.15, -0.1) is 0 Å². The van der Waals surface area contributed by atoms with Gasteiger partial charge < -0.3 is 4.74 Å². The van der Waals surface area contributed by atoms with Gasteiger partial charge in [-0.3, -0.25) is 10.00 Å². The minimum Gasteiger partial charge on any atom is -0.379 e. The van der Waals surface area contributed by atoms with Crippen molar-refractivity contribution in [3.63, 3.8) is 0 Å². The third kappa shape index (κ3) is 3.34. The number of morpholine rings is 1. The summed E-state index contributed by atoms with van der Waals surface area (Å²) in [7, 11) is -3.22. The van der Waals surface area contributed by atoms with Crippen LogP contribution >= 0.6 is 0 Å². The number of piperidine rings is 1. The number of aryl methyl sites for hydroxylation is 1. The molecule has 3 heterocycles. The maximum Gasteiger partial charge on any atom is 0.218 e. The van der Waals surface area contributed by atoms with E-state index in [-0.39, 0.29) is 5.25 Å². The van der Waals surface area contributed by atoms with Crippen LogP contribution in [-0.2, 0) is 21.3 Å². The van der Waals surface area contributed by atoms with E-state index in [1.807, 2.05) is 6.92 Å². The average Bonchev–Trinajstić information content (AvgIpc) is 2.94. The molecule has 2 aliphatic heterocycles. The van der Waals surface area contributed by atoms with Gasteiger partial charge in [-0.2, -0.15) is 9.40 Å². The second kappa shape index (κ2) is 6.66. The molecule has 1 atom stereocenters. The van der Waals surface area contributed by atoms with Crippen molar-refractivity contribution in [1.29, 1.82) is 0 Å². The first-order valence-electron chi connectivity index (χ1n) is 7.85. The van der Waals surface area contributed by atoms with Gasteiger partial charge >= 0.3 is 0 Å². The molecular formula is C14H24N4O3S. The van der Waals surface area contributed by atoms with Gasteiger partial charge in [0, 0.05) is 26.2 Å². The van der Waals surface area contributed by atoms with Gasteiger partial charge in [-0.1, -0.05) is 0 Å². The van der Waals surface area contributed by atoms with E-state index < -0.39 is 10.0 Å². The van der Waals surface area contributed by atoms with Crippen LogP contribution in [0.15, 0.2) is 6.20 Å². The number of rotatable bonds is 4. The molecule has 0 radical (unpaired) electrons. The Balaban J connectivity index is 1.66. The Morgan fingerprint density at radius 3 is 2.82 bits per heavy atom. The minimum atomic E-state index is -3.22. The zero-order valence-corrected chi connectivity index (χ0v) is 13.8. The summed E-state index contributed by atoms with van der Waals surface area (Å²) >= 11 is 0. The Hall–Kier alpha value is -0.960. The van der Waals surface area contributed by atoms with E-state index in [4.69, 9.17) is 4.74 Å². The Labute approximate surface area is 131 Å². The molecule has 22 heavy (non-hydrogen) atoms. The van der Waals surface area contributed by atoms with Gasteiger partial charge in [-0.25, -0.2) is 8.42 Å². The molecule has 8 heteroatoms. The zero-order chi connectivity index (χ0) is 15.6. The van der Waals surface area contributed by atoms with Gasteiger partial charge in [0.1, 0.15) is 0 Å². The molecule has 1 N–H and O–H groups in total. The van der Waals surface area contributed by atoms with Gasteiger partial charge in [0.25, 0.3) is 0 Å². The predicted molar refractivity (Wildman–Crippen MR) is 82.9 cm³/mol. The molecule has 0 aliphatic carbocycles. The Morgan fingerprint density at radius 2 is 2.14 bits per heavy atom. The summed E-state index contributed by atoms with van der Waals surface area (Å²) in [5.41, 5.74) is 2.20. The van der Waals surface area contributed by atoms with Crippen molar-refractivity contribution in [3.05, 3.63) is 17.5 Å².